The first-order chi connectivity index (χ1) is 13.0. The van der Waals surface area contributed by atoms with Crippen LogP contribution in [0.15, 0.2) is 53.9 Å². The highest BCUT2D eigenvalue weighted by Crippen LogP contribution is 2.31. The molecule has 0 saturated heterocycles. The van der Waals surface area contributed by atoms with Crippen molar-refractivity contribution in [2.75, 3.05) is 26.4 Å². The lowest BCUT2D eigenvalue weighted by atomic mass is 10.1. The second-order valence-electron chi connectivity index (χ2n) is 6.40. The molecule has 0 atom stereocenters. The van der Waals surface area contributed by atoms with Crippen molar-refractivity contribution in [3.05, 3.63) is 69.6 Å². The molecule has 0 spiro atoms. The summed E-state index contributed by atoms with van der Waals surface area (Å²) in [5.74, 6) is 2.12. The standard InChI is InChI=1S/C20H21N3O2S2/c1-22(2)10-11-26-13-15-6-8-16(9-7-15)19-14-27-20(21-19)17-4-3-5-18(12-17)23(24)25/h3-9,12,14H,10-11,13H2,1-2H3. The minimum atomic E-state index is -0.382. The zero-order chi connectivity index (χ0) is 19.2. The number of aromatic nitrogens is 1. The largest absolute Gasteiger partial charge is 0.309 e. The summed E-state index contributed by atoms with van der Waals surface area (Å²) in [5, 5.41) is 13.7. The molecule has 0 aliphatic rings. The third-order valence-electron chi connectivity index (χ3n) is 4.01. The van der Waals surface area contributed by atoms with Gasteiger partial charge in [-0.2, -0.15) is 11.8 Å². The van der Waals surface area contributed by atoms with Gasteiger partial charge in [-0.05, 0) is 19.7 Å². The molecule has 0 aliphatic heterocycles. The molecule has 140 valence electrons. The highest BCUT2D eigenvalue weighted by atomic mass is 32.2. The number of hydrogen-bond acceptors (Lipinski definition) is 6. The van der Waals surface area contributed by atoms with Gasteiger partial charge in [-0.1, -0.05) is 36.4 Å². The van der Waals surface area contributed by atoms with E-state index in [1.165, 1.54) is 23.0 Å². The molecule has 1 aromatic heterocycles. The number of nitro groups is 1. The summed E-state index contributed by atoms with van der Waals surface area (Å²) >= 11 is 3.43. The van der Waals surface area contributed by atoms with Crippen LogP contribution in [0.3, 0.4) is 0 Å². The average Bonchev–Trinajstić information content (AvgIpc) is 3.16. The molecule has 27 heavy (non-hydrogen) atoms. The Labute approximate surface area is 167 Å². The van der Waals surface area contributed by atoms with Crippen LogP contribution in [-0.4, -0.2) is 41.2 Å². The molecule has 5 nitrogen and oxygen atoms in total. The molecule has 0 unspecified atom stereocenters. The van der Waals surface area contributed by atoms with E-state index in [2.05, 4.69) is 48.2 Å². The summed E-state index contributed by atoms with van der Waals surface area (Å²) in [7, 11) is 4.18. The Balaban J connectivity index is 1.67. The lowest BCUT2D eigenvalue weighted by Crippen LogP contribution is -2.14. The van der Waals surface area contributed by atoms with Crippen molar-refractivity contribution in [3.8, 4) is 21.8 Å². The molecule has 0 N–H and O–H groups in total. The van der Waals surface area contributed by atoms with E-state index in [1.807, 2.05) is 23.2 Å². The van der Waals surface area contributed by atoms with Crippen molar-refractivity contribution in [3.63, 3.8) is 0 Å². The third-order valence-corrected chi connectivity index (χ3v) is 5.91. The summed E-state index contributed by atoms with van der Waals surface area (Å²) in [4.78, 5) is 17.4. The molecule has 1 heterocycles. The van der Waals surface area contributed by atoms with Gasteiger partial charge < -0.3 is 4.90 Å². The van der Waals surface area contributed by atoms with Crippen LogP contribution in [0.25, 0.3) is 21.8 Å². The Bertz CT molecular complexity index is 908. The second kappa shape index (κ2) is 9.12. The maximum Gasteiger partial charge on any atom is 0.270 e. The number of thiazole rings is 1. The van der Waals surface area contributed by atoms with Crippen molar-refractivity contribution in [1.29, 1.82) is 0 Å². The van der Waals surface area contributed by atoms with E-state index < -0.39 is 0 Å². The van der Waals surface area contributed by atoms with E-state index in [9.17, 15) is 10.1 Å². The lowest BCUT2D eigenvalue weighted by Gasteiger charge is -2.08. The Morgan fingerprint density at radius 2 is 1.93 bits per heavy atom. The van der Waals surface area contributed by atoms with Gasteiger partial charge in [-0.15, -0.1) is 11.3 Å². The van der Waals surface area contributed by atoms with Gasteiger partial charge in [-0.3, -0.25) is 10.1 Å². The number of thioether (sulfide) groups is 1. The fourth-order valence-electron chi connectivity index (χ4n) is 2.50. The number of rotatable bonds is 8. The quantitative estimate of drug-likeness (QED) is 0.297. The topological polar surface area (TPSA) is 59.3 Å². The van der Waals surface area contributed by atoms with Crippen LogP contribution < -0.4 is 0 Å². The molecule has 0 bridgehead atoms. The van der Waals surface area contributed by atoms with Gasteiger partial charge in [0.2, 0.25) is 0 Å². The summed E-state index contributed by atoms with van der Waals surface area (Å²) in [5.41, 5.74) is 4.12. The Morgan fingerprint density at radius 1 is 1.15 bits per heavy atom. The molecule has 0 amide bonds. The van der Waals surface area contributed by atoms with Gasteiger partial charge in [0.05, 0.1) is 10.6 Å². The fourth-order valence-corrected chi connectivity index (χ4v) is 4.39. The van der Waals surface area contributed by atoms with Gasteiger partial charge in [0.25, 0.3) is 5.69 Å². The van der Waals surface area contributed by atoms with Crippen molar-refractivity contribution in [2.45, 2.75) is 5.75 Å². The van der Waals surface area contributed by atoms with Crippen molar-refractivity contribution >= 4 is 28.8 Å². The van der Waals surface area contributed by atoms with Crippen molar-refractivity contribution < 1.29 is 4.92 Å². The molecule has 2 aromatic carbocycles. The highest BCUT2D eigenvalue weighted by Gasteiger charge is 2.11. The van der Waals surface area contributed by atoms with Gasteiger partial charge in [0.1, 0.15) is 5.01 Å². The maximum atomic E-state index is 11.0. The summed E-state index contributed by atoms with van der Waals surface area (Å²) in [6, 6.07) is 15.1. The zero-order valence-electron chi connectivity index (χ0n) is 15.3. The molecule has 0 saturated carbocycles. The minimum Gasteiger partial charge on any atom is -0.309 e. The monoisotopic (exact) mass is 399 g/mol. The zero-order valence-corrected chi connectivity index (χ0v) is 16.9. The summed E-state index contributed by atoms with van der Waals surface area (Å²) in [6.45, 7) is 1.09. The van der Waals surface area contributed by atoms with Crippen LogP contribution >= 0.6 is 23.1 Å². The molecular formula is C20H21N3O2S2. The first kappa shape index (κ1) is 19.5. The highest BCUT2D eigenvalue weighted by molar-refractivity contribution is 7.98. The van der Waals surface area contributed by atoms with Gasteiger partial charge in [0, 0.05) is 46.7 Å². The van der Waals surface area contributed by atoms with Crippen molar-refractivity contribution in [1.82, 2.24) is 9.88 Å². The van der Waals surface area contributed by atoms with Crippen LogP contribution in [0.2, 0.25) is 0 Å². The predicted molar refractivity (Wildman–Crippen MR) is 114 cm³/mol. The Morgan fingerprint density at radius 3 is 2.63 bits per heavy atom. The predicted octanol–water partition coefficient (Wildman–Crippen LogP) is 5.18. The molecule has 3 aromatic rings. The third kappa shape index (κ3) is 5.38. The van der Waals surface area contributed by atoms with E-state index in [4.69, 9.17) is 0 Å². The first-order valence-electron chi connectivity index (χ1n) is 8.55. The second-order valence-corrected chi connectivity index (χ2v) is 8.36. The van der Waals surface area contributed by atoms with Crippen LogP contribution in [0, 0.1) is 10.1 Å². The number of hydrogen-bond donors (Lipinski definition) is 0. The molecule has 0 aliphatic carbocycles. The number of non-ortho nitro benzene ring substituents is 1. The summed E-state index contributed by atoms with van der Waals surface area (Å²) < 4.78 is 0. The number of nitrogens with zero attached hydrogens (tertiary/aromatic N) is 3. The molecule has 7 heteroatoms. The van der Waals surface area contributed by atoms with E-state index in [0.29, 0.717) is 0 Å². The van der Waals surface area contributed by atoms with E-state index >= 15 is 0 Å². The average molecular weight is 400 g/mol. The fraction of sp³-hybridized carbons (Fsp3) is 0.250. The van der Waals surface area contributed by atoms with Crippen LogP contribution in [0.5, 0.6) is 0 Å². The number of nitro benzene ring substituents is 1. The SMILES string of the molecule is CN(C)CCSCc1ccc(-c2csc(-c3cccc([N+](=O)[O-])c3)n2)cc1. The van der Waals surface area contributed by atoms with Gasteiger partial charge in [-0.25, -0.2) is 4.98 Å². The van der Waals surface area contributed by atoms with Gasteiger partial charge >= 0.3 is 0 Å². The Kier molecular flexibility index (Phi) is 6.60. The first-order valence-corrected chi connectivity index (χ1v) is 10.6. The van der Waals surface area contributed by atoms with Crippen molar-refractivity contribution in [2.24, 2.45) is 0 Å². The van der Waals surface area contributed by atoms with Gasteiger partial charge in [0.15, 0.2) is 0 Å². The van der Waals surface area contributed by atoms with E-state index in [1.54, 1.807) is 12.1 Å². The van der Waals surface area contributed by atoms with Crippen LogP contribution in [-0.2, 0) is 5.75 Å². The molecule has 3 rings (SSSR count). The maximum absolute atomic E-state index is 11.0. The summed E-state index contributed by atoms with van der Waals surface area (Å²) in [6.07, 6.45) is 0. The minimum absolute atomic E-state index is 0.0837. The molecular weight excluding hydrogens is 378 g/mol. The molecule has 0 fully saturated rings. The van der Waals surface area contributed by atoms with Crippen LogP contribution in [0.4, 0.5) is 5.69 Å². The molecule has 0 radical (unpaired) electrons. The Hall–Kier alpha value is -2.22. The van der Waals surface area contributed by atoms with Crippen LogP contribution in [0.1, 0.15) is 5.56 Å². The van der Waals surface area contributed by atoms with E-state index in [-0.39, 0.29) is 10.6 Å². The number of benzene rings is 2. The van der Waals surface area contributed by atoms with E-state index in [0.717, 1.165) is 39.9 Å². The smallest absolute Gasteiger partial charge is 0.270 e. The lowest BCUT2D eigenvalue weighted by molar-refractivity contribution is -0.384. The normalized spacial score (nSPS) is 11.1.